The Balaban J connectivity index is 2.57. The smallest absolute Gasteiger partial charge is 0.0433 e. The molecule has 1 aliphatic rings. The maximum Gasteiger partial charge on any atom is 0.0433 e. The second kappa shape index (κ2) is 3.56. The molecular weight excluding hydrogens is 170 g/mol. The van der Waals surface area contributed by atoms with Gasteiger partial charge in [0.1, 0.15) is 0 Å². The Labute approximate surface area is 85.9 Å². The van der Waals surface area contributed by atoms with E-state index in [1.165, 1.54) is 22.4 Å². The van der Waals surface area contributed by atoms with Gasteiger partial charge in [-0.15, -0.1) is 0 Å². The second-order valence-corrected chi connectivity index (χ2v) is 4.25. The first kappa shape index (κ1) is 9.45. The molecule has 0 aromatic heterocycles. The van der Waals surface area contributed by atoms with E-state index < -0.39 is 0 Å². The minimum atomic E-state index is 0.621. The molecule has 0 atom stereocenters. The van der Waals surface area contributed by atoms with Gasteiger partial charge in [0, 0.05) is 12.3 Å². The summed E-state index contributed by atoms with van der Waals surface area (Å²) in [4.78, 5) is 4.49. The largest absolute Gasteiger partial charge is 0.289 e. The van der Waals surface area contributed by atoms with E-state index >= 15 is 0 Å². The van der Waals surface area contributed by atoms with Crippen LogP contribution in [-0.4, -0.2) is 12.3 Å². The van der Waals surface area contributed by atoms with Crippen molar-refractivity contribution in [1.82, 2.24) is 0 Å². The predicted octanol–water partition coefficient (Wildman–Crippen LogP) is 3.18. The molecule has 14 heavy (non-hydrogen) atoms. The highest BCUT2D eigenvalue weighted by atomic mass is 14.7. The van der Waals surface area contributed by atoms with E-state index in [2.05, 4.69) is 44.0 Å². The Morgan fingerprint density at radius 2 is 2.07 bits per heavy atom. The molecule has 1 aromatic carbocycles. The third-order valence-corrected chi connectivity index (χ3v) is 2.93. The lowest BCUT2D eigenvalue weighted by Gasteiger charge is -2.20. The fourth-order valence-electron chi connectivity index (χ4n) is 2.18. The number of hydrogen-bond acceptors (Lipinski definition) is 1. The molecule has 0 unspecified atom stereocenters. The minimum Gasteiger partial charge on any atom is -0.289 e. The Bertz CT molecular complexity index is 375. The van der Waals surface area contributed by atoms with Crippen molar-refractivity contribution in [3.63, 3.8) is 0 Å². The quantitative estimate of drug-likeness (QED) is 0.640. The second-order valence-electron chi connectivity index (χ2n) is 4.25. The Kier molecular flexibility index (Phi) is 2.40. The van der Waals surface area contributed by atoms with Gasteiger partial charge < -0.3 is 0 Å². The molecule has 0 saturated heterocycles. The molecule has 0 amide bonds. The molecular formula is C13H17N. The van der Waals surface area contributed by atoms with Gasteiger partial charge in [0.2, 0.25) is 0 Å². The number of rotatable bonds is 1. The van der Waals surface area contributed by atoms with Crippen LogP contribution < -0.4 is 0 Å². The van der Waals surface area contributed by atoms with Gasteiger partial charge >= 0.3 is 0 Å². The molecule has 0 N–H and O–H groups in total. The van der Waals surface area contributed by atoms with Crippen LogP contribution in [-0.2, 0) is 6.42 Å². The first-order valence-corrected chi connectivity index (χ1v) is 5.33. The fourth-order valence-corrected chi connectivity index (χ4v) is 2.18. The lowest BCUT2D eigenvalue weighted by Crippen LogP contribution is -2.12. The Hall–Kier alpha value is -1.11. The molecule has 0 spiro atoms. The summed E-state index contributed by atoms with van der Waals surface area (Å²) < 4.78 is 0. The van der Waals surface area contributed by atoms with Gasteiger partial charge in [-0.2, -0.15) is 0 Å². The van der Waals surface area contributed by atoms with Crippen LogP contribution in [0.3, 0.4) is 0 Å². The van der Waals surface area contributed by atoms with Crippen molar-refractivity contribution in [2.75, 3.05) is 6.54 Å². The van der Waals surface area contributed by atoms with E-state index in [4.69, 9.17) is 0 Å². The van der Waals surface area contributed by atoms with E-state index in [-0.39, 0.29) is 0 Å². The lowest BCUT2D eigenvalue weighted by atomic mass is 9.88. The van der Waals surface area contributed by atoms with Crippen LogP contribution in [0.25, 0.3) is 0 Å². The standard InChI is InChI=1S/C13H17N/c1-9(2)11-5-4-6-12-10(3)14-8-7-13(11)12/h4-6,9H,7-8H2,1-3H3. The van der Waals surface area contributed by atoms with Crippen molar-refractivity contribution in [1.29, 1.82) is 0 Å². The van der Waals surface area contributed by atoms with E-state index in [1.54, 1.807) is 0 Å². The van der Waals surface area contributed by atoms with Gasteiger partial charge in [0.15, 0.2) is 0 Å². The predicted molar refractivity (Wildman–Crippen MR) is 61.3 cm³/mol. The van der Waals surface area contributed by atoms with Crippen LogP contribution in [0.2, 0.25) is 0 Å². The van der Waals surface area contributed by atoms with Gasteiger partial charge in [-0.05, 0) is 36.0 Å². The zero-order valence-electron chi connectivity index (χ0n) is 9.17. The molecule has 1 nitrogen and oxygen atoms in total. The highest BCUT2D eigenvalue weighted by molar-refractivity contribution is 6.01. The zero-order valence-corrected chi connectivity index (χ0v) is 9.17. The molecule has 74 valence electrons. The minimum absolute atomic E-state index is 0.621. The molecule has 1 aliphatic heterocycles. The monoisotopic (exact) mass is 187 g/mol. The average molecular weight is 187 g/mol. The summed E-state index contributed by atoms with van der Waals surface area (Å²) in [5.41, 5.74) is 5.59. The highest BCUT2D eigenvalue weighted by Gasteiger charge is 2.15. The number of fused-ring (bicyclic) bond motifs is 1. The molecule has 0 saturated carbocycles. The van der Waals surface area contributed by atoms with Crippen LogP contribution in [0, 0.1) is 0 Å². The Morgan fingerprint density at radius 3 is 2.79 bits per heavy atom. The molecule has 0 radical (unpaired) electrons. The fraction of sp³-hybridized carbons (Fsp3) is 0.462. The molecule has 0 fully saturated rings. The first-order chi connectivity index (χ1) is 6.70. The third-order valence-electron chi connectivity index (χ3n) is 2.93. The summed E-state index contributed by atoms with van der Waals surface area (Å²) in [6.07, 6.45) is 1.11. The SMILES string of the molecule is CC1=NCCc2c1cccc2C(C)C. The van der Waals surface area contributed by atoms with Crippen molar-refractivity contribution in [3.05, 3.63) is 34.9 Å². The van der Waals surface area contributed by atoms with E-state index in [0.29, 0.717) is 5.92 Å². The molecule has 1 heteroatoms. The summed E-state index contributed by atoms with van der Waals surface area (Å²) in [6.45, 7) is 7.60. The number of benzene rings is 1. The summed E-state index contributed by atoms with van der Waals surface area (Å²) in [5, 5.41) is 0. The topological polar surface area (TPSA) is 12.4 Å². The van der Waals surface area contributed by atoms with E-state index in [0.717, 1.165) is 13.0 Å². The zero-order chi connectivity index (χ0) is 10.1. The lowest BCUT2D eigenvalue weighted by molar-refractivity contribution is 0.824. The number of aliphatic imine (C=N–C) groups is 1. The van der Waals surface area contributed by atoms with E-state index in [9.17, 15) is 0 Å². The van der Waals surface area contributed by atoms with Crippen LogP contribution in [0.1, 0.15) is 43.4 Å². The van der Waals surface area contributed by atoms with E-state index in [1.807, 2.05) is 0 Å². The van der Waals surface area contributed by atoms with Crippen LogP contribution in [0.15, 0.2) is 23.2 Å². The highest BCUT2D eigenvalue weighted by Crippen LogP contribution is 2.25. The van der Waals surface area contributed by atoms with Crippen LogP contribution in [0.5, 0.6) is 0 Å². The molecule has 1 aromatic rings. The maximum absolute atomic E-state index is 4.49. The van der Waals surface area contributed by atoms with Gasteiger partial charge in [0.05, 0.1) is 0 Å². The Morgan fingerprint density at radius 1 is 1.29 bits per heavy atom. The van der Waals surface area contributed by atoms with Gasteiger partial charge in [-0.1, -0.05) is 32.0 Å². The van der Waals surface area contributed by atoms with Crippen molar-refractivity contribution >= 4 is 5.71 Å². The molecule has 1 heterocycles. The van der Waals surface area contributed by atoms with Crippen LogP contribution in [0.4, 0.5) is 0 Å². The average Bonchev–Trinajstić information content (AvgIpc) is 2.17. The first-order valence-electron chi connectivity index (χ1n) is 5.33. The van der Waals surface area contributed by atoms with Crippen LogP contribution >= 0.6 is 0 Å². The third kappa shape index (κ3) is 1.47. The van der Waals surface area contributed by atoms with Gasteiger partial charge in [-0.3, -0.25) is 4.99 Å². The van der Waals surface area contributed by atoms with Crippen molar-refractivity contribution < 1.29 is 0 Å². The number of hydrogen-bond donors (Lipinski definition) is 0. The number of nitrogens with zero attached hydrogens (tertiary/aromatic N) is 1. The molecule has 2 rings (SSSR count). The van der Waals surface area contributed by atoms with Gasteiger partial charge in [0.25, 0.3) is 0 Å². The van der Waals surface area contributed by atoms with Crippen molar-refractivity contribution in [2.24, 2.45) is 4.99 Å². The van der Waals surface area contributed by atoms with Crippen molar-refractivity contribution in [2.45, 2.75) is 33.1 Å². The molecule has 0 bridgehead atoms. The summed E-state index contributed by atoms with van der Waals surface area (Å²) in [7, 11) is 0. The molecule has 0 aliphatic carbocycles. The summed E-state index contributed by atoms with van der Waals surface area (Å²) in [5.74, 6) is 0.621. The summed E-state index contributed by atoms with van der Waals surface area (Å²) >= 11 is 0. The van der Waals surface area contributed by atoms with Crippen molar-refractivity contribution in [3.8, 4) is 0 Å². The summed E-state index contributed by atoms with van der Waals surface area (Å²) in [6, 6.07) is 6.60. The normalized spacial score (nSPS) is 15.3. The van der Waals surface area contributed by atoms with Gasteiger partial charge in [-0.25, -0.2) is 0 Å². The maximum atomic E-state index is 4.49.